The van der Waals surface area contributed by atoms with Crippen molar-refractivity contribution in [3.8, 4) is 5.82 Å². The highest BCUT2D eigenvalue weighted by Crippen LogP contribution is 2.11. The third kappa shape index (κ3) is 2.18. The van der Waals surface area contributed by atoms with Crippen LogP contribution >= 0.6 is 0 Å². The molecule has 0 bridgehead atoms. The lowest BCUT2D eigenvalue weighted by atomic mass is 10.3. The van der Waals surface area contributed by atoms with Gasteiger partial charge >= 0.3 is 0 Å². The molecule has 0 aliphatic heterocycles. The van der Waals surface area contributed by atoms with Gasteiger partial charge in [0.2, 0.25) is 0 Å². The lowest BCUT2D eigenvalue weighted by Gasteiger charge is -2.08. The molecule has 0 aliphatic rings. The third-order valence-electron chi connectivity index (χ3n) is 2.31. The van der Waals surface area contributed by atoms with E-state index in [4.69, 9.17) is 5.73 Å². The van der Waals surface area contributed by atoms with Crippen molar-refractivity contribution in [2.24, 2.45) is 5.73 Å². The van der Waals surface area contributed by atoms with Crippen LogP contribution < -0.4 is 11.1 Å². The molecule has 0 radical (unpaired) electrons. The van der Waals surface area contributed by atoms with Gasteiger partial charge in [-0.2, -0.15) is 9.78 Å². The highest BCUT2D eigenvalue weighted by molar-refractivity contribution is 5.92. The minimum absolute atomic E-state index is 0.258. The van der Waals surface area contributed by atoms with Gasteiger partial charge in [0.05, 0.1) is 6.04 Å². The zero-order chi connectivity index (χ0) is 13.1. The van der Waals surface area contributed by atoms with Gasteiger partial charge in [0.15, 0.2) is 11.6 Å². The first-order valence-corrected chi connectivity index (χ1v) is 5.33. The van der Waals surface area contributed by atoms with Gasteiger partial charge in [-0.15, -0.1) is 0 Å². The Morgan fingerprint density at radius 3 is 2.83 bits per heavy atom. The number of hydrogen-bond acceptors (Lipinski definition) is 6. The van der Waals surface area contributed by atoms with E-state index in [9.17, 15) is 4.79 Å². The third-order valence-corrected chi connectivity index (χ3v) is 2.31. The Morgan fingerprint density at radius 1 is 1.39 bits per heavy atom. The van der Waals surface area contributed by atoms with Crippen LogP contribution in [0.3, 0.4) is 0 Å². The van der Waals surface area contributed by atoms with Crippen molar-refractivity contribution in [1.29, 1.82) is 0 Å². The molecular formula is C10H13N7O. The Hall–Kier alpha value is -2.35. The second-order valence-electron chi connectivity index (χ2n) is 3.66. The molecule has 0 fully saturated rings. The number of carbonyl (C=O) groups is 1. The van der Waals surface area contributed by atoms with Crippen LogP contribution in [0.25, 0.3) is 5.82 Å². The second kappa shape index (κ2) is 4.88. The first-order chi connectivity index (χ1) is 8.63. The van der Waals surface area contributed by atoms with Crippen molar-refractivity contribution < 1.29 is 4.79 Å². The fraction of sp³-hybridized carbons (Fsp3) is 0.300. The summed E-state index contributed by atoms with van der Waals surface area (Å²) >= 11 is 0. The van der Waals surface area contributed by atoms with Gasteiger partial charge < -0.3 is 11.1 Å². The van der Waals surface area contributed by atoms with E-state index in [-0.39, 0.29) is 17.6 Å². The summed E-state index contributed by atoms with van der Waals surface area (Å²) in [7, 11) is 1.53. The summed E-state index contributed by atoms with van der Waals surface area (Å²) in [6.45, 7) is 1.79. The summed E-state index contributed by atoms with van der Waals surface area (Å²) in [5, 5.41) is 6.53. The fourth-order valence-electron chi connectivity index (χ4n) is 1.45. The van der Waals surface area contributed by atoms with Gasteiger partial charge in [0, 0.05) is 13.1 Å². The van der Waals surface area contributed by atoms with Crippen molar-refractivity contribution >= 4 is 5.91 Å². The number of hydrogen-bond donors (Lipinski definition) is 2. The molecule has 0 unspecified atom stereocenters. The topological polar surface area (TPSA) is 112 Å². The molecule has 2 aromatic heterocycles. The summed E-state index contributed by atoms with van der Waals surface area (Å²) in [4.78, 5) is 23.5. The molecule has 2 aromatic rings. The average molecular weight is 247 g/mol. The molecule has 8 nitrogen and oxygen atoms in total. The molecule has 1 amide bonds. The molecule has 0 aliphatic carbocycles. The van der Waals surface area contributed by atoms with Gasteiger partial charge in [0.1, 0.15) is 18.3 Å². The number of nitrogens with one attached hydrogen (secondary N) is 1. The Bertz CT molecular complexity index is 563. The standard InChI is InChI=1S/C10H13N7O/c1-6(11)9-15-5-16-17(9)8-3-7(10(18)12-2)13-4-14-8/h3-6H,11H2,1-2H3,(H,12,18)/t6-/m0/s1. The second-order valence-corrected chi connectivity index (χ2v) is 3.66. The fourth-order valence-corrected chi connectivity index (χ4v) is 1.45. The minimum Gasteiger partial charge on any atom is -0.354 e. The van der Waals surface area contributed by atoms with E-state index in [1.807, 2.05) is 0 Å². The van der Waals surface area contributed by atoms with Gasteiger partial charge in [-0.1, -0.05) is 0 Å². The molecule has 2 heterocycles. The number of carbonyl (C=O) groups excluding carboxylic acids is 1. The van der Waals surface area contributed by atoms with Crippen LogP contribution in [0, 0.1) is 0 Å². The van der Waals surface area contributed by atoms with Crippen LogP contribution in [0.4, 0.5) is 0 Å². The molecule has 0 saturated carbocycles. The van der Waals surface area contributed by atoms with Crippen molar-refractivity contribution in [3.63, 3.8) is 0 Å². The van der Waals surface area contributed by atoms with Crippen LogP contribution in [0.5, 0.6) is 0 Å². The molecule has 1 atom stereocenters. The van der Waals surface area contributed by atoms with Gasteiger partial charge in [0.25, 0.3) is 5.91 Å². The molecule has 3 N–H and O–H groups in total. The van der Waals surface area contributed by atoms with Gasteiger partial charge in [-0.05, 0) is 6.92 Å². The zero-order valence-electron chi connectivity index (χ0n) is 10.0. The number of amides is 1. The van der Waals surface area contributed by atoms with E-state index in [0.717, 1.165) is 0 Å². The lowest BCUT2D eigenvalue weighted by Crippen LogP contribution is -2.20. The van der Waals surface area contributed by atoms with E-state index in [0.29, 0.717) is 11.6 Å². The Kier molecular flexibility index (Phi) is 3.28. The summed E-state index contributed by atoms with van der Waals surface area (Å²) in [6, 6.07) is 1.24. The van der Waals surface area contributed by atoms with Crippen LogP contribution in [0.15, 0.2) is 18.7 Å². The predicted octanol–water partition coefficient (Wildman–Crippen LogP) is -0.563. The molecule has 0 aromatic carbocycles. The summed E-state index contributed by atoms with van der Waals surface area (Å²) in [5.41, 5.74) is 6.03. The largest absolute Gasteiger partial charge is 0.354 e. The number of nitrogens with two attached hydrogens (primary N) is 1. The Morgan fingerprint density at radius 2 is 2.17 bits per heavy atom. The smallest absolute Gasteiger partial charge is 0.269 e. The maximum absolute atomic E-state index is 11.5. The van der Waals surface area contributed by atoms with Crippen molar-refractivity contribution in [3.05, 3.63) is 30.2 Å². The van der Waals surface area contributed by atoms with Crippen LogP contribution in [0.1, 0.15) is 29.3 Å². The number of rotatable bonds is 3. The van der Waals surface area contributed by atoms with Gasteiger partial charge in [-0.3, -0.25) is 4.79 Å². The maximum Gasteiger partial charge on any atom is 0.269 e. The van der Waals surface area contributed by atoms with Crippen LogP contribution in [0.2, 0.25) is 0 Å². The molecule has 0 spiro atoms. The summed E-state index contributed by atoms with van der Waals surface area (Å²) in [6.07, 6.45) is 2.69. The van der Waals surface area contributed by atoms with E-state index in [1.165, 1.54) is 30.5 Å². The normalized spacial score (nSPS) is 12.2. The monoisotopic (exact) mass is 247 g/mol. The summed E-state index contributed by atoms with van der Waals surface area (Å²) < 4.78 is 1.48. The van der Waals surface area contributed by atoms with Crippen LogP contribution in [-0.4, -0.2) is 37.7 Å². The molecule has 0 saturated heterocycles. The van der Waals surface area contributed by atoms with Crippen molar-refractivity contribution in [1.82, 2.24) is 30.0 Å². The van der Waals surface area contributed by atoms with Gasteiger partial charge in [-0.25, -0.2) is 15.0 Å². The predicted molar refractivity (Wildman–Crippen MR) is 62.9 cm³/mol. The van der Waals surface area contributed by atoms with E-state index < -0.39 is 0 Å². The van der Waals surface area contributed by atoms with Crippen molar-refractivity contribution in [2.45, 2.75) is 13.0 Å². The van der Waals surface area contributed by atoms with E-state index in [2.05, 4.69) is 25.4 Å². The highest BCUT2D eigenvalue weighted by atomic mass is 16.1. The van der Waals surface area contributed by atoms with Crippen LogP contribution in [-0.2, 0) is 0 Å². The maximum atomic E-state index is 11.5. The average Bonchev–Trinajstić information content (AvgIpc) is 2.87. The minimum atomic E-state index is -0.291. The van der Waals surface area contributed by atoms with E-state index >= 15 is 0 Å². The van der Waals surface area contributed by atoms with E-state index in [1.54, 1.807) is 6.92 Å². The quantitative estimate of drug-likeness (QED) is 0.751. The first-order valence-electron chi connectivity index (χ1n) is 5.33. The molecule has 18 heavy (non-hydrogen) atoms. The Balaban J connectivity index is 2.45. The SMILES string of the molecule is CNC(=O)c1cc(-n2ncnc2[C@H](C)N)ncn1. The molecule has 94 valence electrons. The lowest BCUT2D eigenvalue weighted by molar-refractivity contribution is 0.0958. The molecular weight excluding hydrogens is 234 g/mol. The summed E-state index contributed by atoms with van der Waals surface area (Å²) in [5.74, 6) is 0.728. The Labute approximate surface area is 103 Å². The number of aromatic nitrogens is 5. The molecule has 2 rings (SSSR count). The molecule has 8 heteroatoms. The van der Waals surface area contributed by atoms with Crippen molar-refractivity contribution in [2.75, 3.05) is 7.05 Å². The first kappa shape index (κ1) is 12.1. The number of nitrogens with zero attached hydrogens (tertiary/aromatic N) is 5. The zero-order valence-corrected chi connectivity index (χ0v) is 10.0. The highest BCUT2D eigenvalue weighted by Gasteiger charge is 2.13.